The lowest BCUT2D eigenvalue weighted by molar-refractivity contribution is 0.401. The summed E-state index contributed by atoms with van der Waals surface area (Å²) in [7, 11) is 0. The molecule has 0 saturated carbocycles. The molecule has 2 aromatic carbocycles. The molecule has 27 heavy (non-hydrogen) atoms. The van der Waals surface area contributed by atoms with Gasteiger partial charge in [-0.15, -0.1) is 0 Å². The van der Waals surface area contributed by atoms with E-state index >= 15 is 0 Å². The summed E-state index contributed by atoms with van der Waals surface area (Å²) < 4.78 is 5.84. The highest BCUT2D eigenvalue weighted by atomic mass is 16.5. The van der Waals surface area contributed by atoms with Crippen molar-refractivity contribution in [2.45, 2.75) is 19.3 Å². The van der Waals surface area contributed by atoms with Gasteiger partial charge in [0.05, 0.1) is 0 Å². The van der Waals surface area contributed by atoms with E-state index < -0.39 is 0 Å². The number of ether oxygens (including phenoxy) is 1. The average molecular weight is 360 g/mol. The Balaban J connectivity index is 1.41. The molecule has 0 spiro atoms. The molecule has 5 heteroatoms. The molecule has 0 aliphatic carbocycles. The smallest absolute Gasteiger partial charge is 0.248 e. The number of anilines is 2. The number of para-hydroxylation sites is 1. The van der Waals surface area contributed by atoms with E-state index in [9.17, 15) is 0 Å². The van der Waals surface area contributed by atoms with Crippen molar-refractivity contribution < 1.29 is 4.74 Å². The normalized spacial score (nSPS) is 14.9. The Labute approximate surface area is 159 Å². The maximum absolute atomic E-state index is 6.33. The van der Waals surface area contributed by atoms with Gasteiger partial charge in [-0.3, -0.25) is 0 Å². The molecule has 1 aromatic heterocycles. The van der Waals surface area contributed by atoms with Crippen molar-refractivity contribution >= 4 is 11.5 Å². The molecule has 1 aliphatic heterocycles. The van der Waals surface area contributed by atoms with Crippen LogP contribution in [0.25, 0.3) is 0 Å². The summed E-state index contributed by atoms with van der Waals surface area (Å²) in [5.74, 6) is 2.61. The van der Waals surface area contributed by atoms with E-state index in [0.717, 1.165) is 43.9 Å². The molecule has 2 N–H and O–H groups in total. The molecule has 1 aliphatic rings. The Morgan fingerprint density at radius 3 is 2.30 bits per heavy atom. The Kier molecular flexibility index (Phi) is 5.19. The third-order valence-electron chi connectivity index (χ3n) is 5.07. The minimum Gasteiger partial charge on any atom is -0.437 e. The first-order chi connectivity index (χ1) is 13.3. The van der Waals surface area contributed by atoms with Crippen molar-refractivity contribution in [3.63, 3.8) is 0 Å². The van der Waals surface area contributed by atoms with Gasteiger partial charge in [0.25, 0.3) is 0 Å². The fourth-order valence-corrected chi connectivity index (χ4v) is 3.60. The van der Waals surface area contributed by atoms with Crippen LogP contribution < -0.4 is 15.4 Å². The van der Waals surface area contributed by atoms with E-state index in [4.69, 9.17) is 10.5 Å². The maximum Gasteiger partial charge on any atom is 0.248 e. The Bertz CT molecular complexity index is 862. The molecule has 5 nitrogen and oxygen atoms in total. The molecule has 1 saturated heterocycles. The average Bonchev–Trinajstić information content (AvgIpc) is 2.72. The van der Waals surface area contributed by atoms with Gasteiger partial charge in [-0.05, 0) is 42.9 Å². The molecule has 0 amide bonds. The minimum absolute atomic E-state index is 0.414. The number of piperidine rings is 1. The molecule has 3 aromatic rings. The quantitative estimate of drug-likeness (QED) is 0.734. The van der Waals surface area contributed by atoms with E-state index in [1.165, 1.54) is 11.9 Å². The van der Waals surface area contributed by atoms with Crippen LogP contribution >= 0.6 is 0 Å². The van der Waals surface area contributed by atoms with E-state index in [0.29, 0.717) is 17.5 Å². The second-order valence-electron chi connectivity index (χ2n) is 6.95. The first kappa shape index (κ1) is 17.3. The molecule has 2 heterocycles. The maximum atomic E-state index is 6.33. The predicted molar refractivity (Wildman–Crippen MR) is 108 cm³/mol. The molecule has 0 radical (unpaired) electrons. The van der Waals surface area contributed by atoms with Gasteiger partial charge in [0.15, 0.2) is 5.82 Å². The van der Waals surface area contributed by atoms with Gasteiger partial charge >= 0.3 is 0 Å². The number of hydrogen-bond donors (Lipinski definition) is 1. The van der Waals surface area contributed by atoms with Crippen molar-refractivity contribution in [1.29, 1.82) is 0 Å². The van der Waals surface area contributed by atoms with Gasteiger partial charge in [-0.2, -0.15) is 4.98 Å². The lowest BCUT2D eigenvalue weighted by Crippen LogP contribution is -2.35. The second kappa shape index (κ2) is 8.08. The number of nitrogen functional groups attached to an aromatic ring is 1. The van der Waals surface area contributed by atoms with Crippen LogP contribution in [0.3, 0.4) is 0 Å². The lowest BCUT2D eigenvalue weighted by atomic mass is 9.90. The largest absolute Gasteiger partial charge is 0.437 e. The zero-order valence-electron chi connectivity index (χ0n) is 15.3. The minimum atomic E-state index is 0.414. The second-order valence-corrected chi connectivity index (χ2v) is 6.95. The number of nitrogens with zero attached hydrogens (tertiary/aromatic N) is 3. The number of hydrogen-bond acceptors (Lipinski definition) is 5. The van der Waals surface area contributed by atoms with Crippen LogP contribution in [0.5, 0.6) is 11.6 Å². The summed E-state index contributed by atoms with van der Waals surface area (Å²) in [6.45, 7) is 1.90. The topological polar surface area (TPSA) is 64.3 Å². The SMILES string of the molecule is Nc1c(Oc2ccccc2)ncnc1N1CCC(Cc2ccccc2)CC1. The predicted octanol–water partition coefficient (Wildman–Crippen LogP) is 4.31. The first-order valence-corrected chi connectivity index (χ1v) is 9.42. The van der Waals surface area contributed by atoms with Crippen molar-refractivity contribution in [2.75, 3.05) is 23.7 Å². The third kappa shape index (κ3) is 4.19. The molecule has 0 unspecified atom stereocenters. The van der Waals surface area contributed by atoms with Crippen molar-refractivity contribution in [3.05, 3.63) is 72.6 Å². The molecular weight excluding hydrogens is 336 g/mol. The summed E-state index contributed by atoms with van der Waals surface area (Å²) in [5, 5.41) is 0. The van der Waals surface area contributed by atoms with Crippen LogP contribution in [0.4, 0.5) is 11.5 Å². The standard InChI is InChI=1S/C22H24N4O/c23-20-21(24-16-25-22(20)27-19-9-5-2-6-10-19)26-13-11-18(12-14-26)15-17-7-3-1-4-8-17/h1-10,16,18H,11-15,23H2. The van der Waals surface area contributed by atoms with Gasteiger partial charge in [0.2, 0.25) is 5.88 Å². The van der Waals surface area contributed by atoms with Crippen LogP contribution in [-0.4, -0.2) is 23.1 Å². The van der Waals surface area contributed by atoms with Crippen molar-refractivity contribution in [1.82, 2.24) is 9.97 Å². The number of benzene rings is 2. The highest BCUT2D eigenvalue weighted by Gasteiger charge is 2.23. The molecule has 4 rings (SSSR count). The monoisotopic (exact) mass is 360 g/mol. The van der Waals surface area contributed by atoms with Crippen LogP contribution in [0.15, 0.2) is 67.0 Å². The summed E-state index contributed by atoms with van der Waals surface area (Å²) in [5.41, 5.74) is 8.24. The van der Waals surface area contributed by atoms with E-state index in [1.54, 1.807) is 0 Å². The van der Waals surface area contributed by atoms with E-state index in [2.05, 4.69) is 45.2 Å². The van der Waals surface area contributed by atoms with E-state index in [1.807, 2.05) is 30.3 Å². The Hall–Kier alpha value is -3.08. The molecular formula is C22H24N4O. The van der Waals surface area contributed by atoms with Gasteiger partial charge < -0.3 is 15.4 Å². The van der Waals surface area contributed by atoms with Crippen molar-refractivity contribution in [2.24, 2.45) is 5.92 Å². The number of rotatable bonds is 5. The summed E-state index contributed by atoms with van der Waals surface area (Å²) in [6.07, 6.45) is 4.93. The van der Waals surface area contributed by atoms with Gasteiger partial charge in [-0.25, -0.2) is 4.98 Å². The first-order valence-electron chi connectivity index (χ1n) is 9.42. The molecule has 138 valence electrons. The van der Waals surface area contributed by atoms with Crippen molar-refractivity contribution in [3.8, 4) is 11.6 Å². The highest BCUT2D eigenvalue weighted by molar-refractivity contribution is 5.68. The zero-order chi connectivity index (χ0) is 18.5. The summed E-state index contributed by atoms with van der Waals surface area (Å²) >= 11 is 0. The summed E-state index contributed by atoms with van der Waals surface area (Å²) in [4.78, 5) is 10.9. The summed E-state index contributed by atoms with van der Waals surface area (Å²) in [6, 6.07) is 20.3. The van der Waals surface area contributed by atoms with Crippen LogP contribution in [0.2, 0.25) is 0 Å². The number of aromatic nitrogens is 2. The van der Waals surface area contributed by atoms with Crippen LogP contribution in [-0.2, 0) is 6.42 Å². The van der Waals surface area contributed by atoms with Crippen LogP contribution in [0.1, 0.15) is 18.4 Å². The third-order valence-corrected chi connectivity index (χ3v) is 5.07. The highest BCUT2D eigenvalue weighted by Crippen LogP contribution is 2.33. The molecule has 1 fully saturated rings. The van der Waals surface area contributed by atoms with Gasteiger partial charge in [0, 0.05) is 13.1 Å². The molecule has 0 atom stereocenters. The fraction of sp³-hybridized carbons (Fsp3) is 0.273. The Morgan fingerprint density at radius 2 is 1.59 bits per heavy atom. The Morgan fingerprint density at radius 1 is 0.926 bits per heavy atom. The van der Waals surface area contributed by atoms with Gasteiger partial charge in [-0.1, -0.05) is 48.5 Å². The lowest BCUT2D eigenvalue weighted by Gasteiger charge is -2.33. The number of nitrogens with two attached hydrogens (primary N) is 1. The van der Waals surface area contributed by atoms with Crippen LogP contribution in [0, 0.1) is 5.92 Å². The van der Waals surface area contributed by atoms with E-state index in [-0.39, 0.29) is 0 Å². The van der Waals surface area contributed by atoms with Gasteiger partial charge in [0.1, 0.15) is 17.8 Å². The fourth-order valence-electron chi connectivity index (χ4n) is 3.60. The molecule has 0 bridgehead atoms. The zero-order valence-corrected chi connectivity index (χ0v) is 15.3.